The molecule has 1 aromatic carbocycles. The van der Waals surface area contributed by atoms with Gasteiger partial charge in [0.1, 0.15) is 0 Å². The topological polar surface area (TPSA) is 50.5 Å². The van der Waals surface area contributed by atoms with Crippen LogP contribution in [0.3, 0.4) is 0 Å². The lowest BCUT2D eigenvalue weighted by atomic mass is 10.1. The Bertz CT molecular complexity index is 778. The third kappa shape index (κ3) is 3.07. The van der Waals surface area contributed by atoms with Crippen molar-refractivity contribution < 1.29 is 9.52 Å². The molecule has 5 nitrogen and oxygen atoms in total. The van der Waals surface area contributed by atoms with Crippen LogP contribution in [0.4, 0.5) is 5.69 Å². The molecule has 1 fully saturated rings. The van der Waals surface area contributed by atoms with Gasteiger partial charge >= 0.3 is 0 Å². The van der Waals surface area contributed by atoms with Crippen molar-refractivity contribution in [3.63, 3.8) is 0 Å². The Balaban J connectivity index is 1.82. The van der Waals surface area contributed by atoms with E-state index in [2.05, 4.69) is 4.90 Å². The van der Waals surface area contributed by atoms with Crippen LogP contribution in [0.15, 0.2) is 42.5 Å². The van der Waals surface area contributed by atoms with E-state index in [4.69, 9.17) is 0 Å². The number of para-hydroxylation sites is 1. The van der Waals surface area contributed by atoms with Crippen LogP contribution >= 0.6 is 0 Å². The third-order valence-corrected chi connectivity index (χ3v) is 4.49. The van der Waals surface area contributed by atoms with Crippen LogP contribution in [-0.2, 0) is 4.79 Å². The number of nitrogens with zero attached hydrogens (tertiary/aromatic N) is 3. The van der Waals surface area contributed by atoms with Crippen LogP contribution in [0, 0.1) is 12.1 Å². The first-order chi connectivity index (χ1) is 11.6. The molecule has 1 aromatic heterocycles. The number of allylic oxidation sites excluding steroid dienone is 1. The average molecular weight is 325 g/mol. The van der Waals surface area contributed by atoms with E-state index in [-0.39, 0.29) is 5.91 Å². The molecule has 0 spiro atoms. The molecule has 126 valence electrons. The van der Waals surface area contributed by atoms with Crippen LogP contribution < -0.4 is 9.63 Å². The maximum absolute atomic E-state index is 12.2. The van der Waals surface area contributed by atoms with Gasteiger partial charge in [-0.3, -0.25) is 4.79 Å². The molecule has 0 bridgehead atoms. The summed E-state index contributed by atoms with van der Waals surface area (Å²) < 4.78 is 0.980. The van der Waals surface area contributed by atoms with Crippen molar-refractivity contribution in [2.24, 2.45) is 0 Å². The second kappa shape index (κ2) is 6.91. The number of rotatable bonds is 3. The van der Waals surface area contributed by atoms with Gasteiger partial charge in [0.2, 0.25) is 11.4 Å². The Labute approximate surface area is 142 Å². The molecule has 5 heteroatoms. The lowest BCUT2D eigenvalue weighted by Gasteiger charge is -2.36. The summed E-state index contributed by atoms with van der Waals surface area (Å²) in [7, 11) is 0. The summed E-state index contributed by atoms with van der Waals surface area (Å²) in [5.41, 5.74) is 2.45. The average Bonchev–Trinajstić information content (AvgIpc) is 2.63. The van der Waals surface area contributed by atoms with Gasteiger partial charge in [-0.25, -0.2) is 0 Å². The minimum Gasteiger partial charge on any atom is -0.618 e. The Hall–Kier alpha value is -2.56. The number of benzene rings is 1. The summed E-state index contributed by atoms with van der Waals surface area (Å²) in [6, 6.07) is 9.63. The molecule has 0 saturated carbocycles. The molecule has 2 heterocycles. The Morgan fingerprint density at radius 1 is 1.25 bits per heavy atom. The second-order valence-electron chi connectivity index (χ2n) is 6.11. The number of carbonyl (C=O) groups is 1. The molecule has 0 radical (unpaired) electrons. The standard InChI is InChI=1S/C19H23N3O2/c1-3-4-9-19(23)21-12-10-20(11-13-21)18-14-15(2)22(24)17-8-6-5-7-16(17)18/h4-9,14H,3,10-13H2,1-2H3/b9-4+. The van der Waals surface area contributed by atoms with E-state index in [9.17, 15) is 10.0 Å². The summed E-state index contributed by atoms with van der Waals surface area (Å²) in [6.07, 6.45) is 4.43. The molecule has 1 saturated heterocycles. The molecule has 0 atom stereocenters. The highest BCUT2D eigenvalue weighted by Gasteiger charge is 2.23. The van der Waals surface area contributed by atoms with Crippen molar-refractivity contribution in [1.82, 2.24) is 4.90 Å². The van der Waals surface area contributed by atoms with Crippen molar-refractivity contribution in [3.05, 3.63) is 53.4 Å². The molecular formula is C19H23N3O2. The fourth-order valence-corrected chi connectivity index (χ4v) is 3.15. The zero-order valence-electron chi connectivity index (χ0n) is 14.2. The van der Waals surface area contributed by atoms with Gasteiger partial charge < -0.3 is 15.0 Å². The fourth-order valence-electron chi connectivity index (χ4n) is 3.15. The smallest absolute Gasteiger partial charge is 0.246 e. The van der Waals surface area contributed by atoms with Gasteiger partial charge in [-0.1, -0.05) is 25.1 Å². The molecular weight excluding hydrogens is 302 g/mol. The number of amides is 1. The molecule has 0 N–H and O–H groups in total. The first-order valence-electron chi connectivity index (χ1n) is 8.44. The van der Waals surface area contributed by atoms with E-state index in [1.807, 2.05) is 55.2 Å². The van der Waals surface area contributed by atoms with Gasteiger partial charge in [-0.15, -0.1) is 0 Å². The number of pyridine rings is 1. The Morgan fingerprint density at radius 3 is 2.67 bits per heavy atom. The number of hydrogen-bond acceptors (Lipinski definition) is 3. The number of aryl methyl sites for hydroxylation is 1. The van der Waals surface area contributed by atoms with E-state index in [1.165, 1.54) is 0 Å². The van der Waals surface area contributed by atoms with Crippen molar-refractivity contribution in [1.29, 1.82) is 0 Å². The molecule has 3 rings (SSSR count). The minimum atomic E-state index is 0.0861. The van der Waals surface area contributed by atoms with Crippen molar-refractivity contribution in [2.75, 3.05) is 31.1 Å². The van der Waals surface area contributed by atoms with Crippen LogP contribution in [0.2, 0.25) is 0 Å². The number of aromatic nitrogens is 1. The number of hydrogen-bond donors (Lipinski definition) is 0. The van der Waals surface area contributed by atoms with E-state index in [1.54, 1.807) is 6.08 Å². The molecule has 1 aliphatic heterocycles. The predicted molar refractivity (Wildman–Crippen MR) is 95.9 cm³/mol. The largest absolute Gasteiger partial charge is 0.618 e. The Morgan fingerprint density at radius 2 is 1.96 bits per heavy atom. The lowest BCUT2D eigenvalue weighted by molar-refractivity contribution is -0.584. The van der Waals surface area contributed by atoms with Gasteiger partial charge in [-0.05, 0) is 18.6 Å². The second-order valence-corrected chi connectivity index (χ2v) is 6.11. The van der Waals surface area contributed by atoms with Gasteiger partial charge in [-0.2, -0.15) is 4.73 Å². The van der Waals surface area contributed by atoms with E-state index in [0.717, 1.165) is 35.3 Å². The van der Waals surface area contributed by atoms with Crippen molar-refractivity contribution >= 4 is 22.5 Å². The maximum Gasteiger partial charge on any atom is 0.246 e. The zero-order chi connectivity index (χ0) is 17.1. The van der Waals surface area contributed by atoms with Gasteiger partial charge in [0, 0.05) is 45.2 Å². The van der Waals surface area contributed by atoms with Gasteiger partial charge in [0.25, 0.3) is 0 Å². The van der Waals surface area contributed by atoms with E-state index < -0.39 is 0 Å². The van der Waals surface area contributed by atoms with Crippen molar-refractivity contribution in [3.8, 4) is 0 Å². The SMILES string of the molecule is CC/C=C/C(=O)N1CCN(c2cc(C)[n+]([O-])c3ccccc23)CC1. The first-order valence-corrected chi connectivity index (χ1v) is 8.44. The van der Waals surface area contributed by atoms with Crippen LogP contribution in [0.1, 0.15) is 19.0 Å². The number of fused-ring (bicyclic) bond motifs is 1. The third-order valence-electron chi connectivity index (χ3n) is 4.49. The highest BCUT2D eigenvalue weighted by Crippen LogP contribution is 2.26. The van der Waals surface area contributed by atoms with Gasteiger partial charge in [0.05, 0.1) is 11.1 Å². The highest BCUT2D eigenvalue weighted by molar-refractivity contribution is 5.90. The van der Waals surface area contributed by atoms with Crippen LogP contribution in [0.5, 0.6) is 0 Å². The summed E-state index contributed by atoms with van der Waals surface area (Å²) >= 11 is 0. The normalized spacial score (nSPS) is 15.4. The lowest BCUT2D eigenvalue weighted by Crippen LogP contribution is -2.48. The minimum absolute atomic E-state index is 0.0861. The first kappa shape index (κ1) is 16.3. The van der Waals surface area contributed by atoms with E-state index in [0.29, 0.717) is 24.3 Å². The Kier molecular flexibility index (Phi) is 4.69. The summed E-state index contributed by atoms with van der Waals surface area (Å²) in [4.78, 5) is 16.2. The maximum atomic E-state index is 12.2. The zero-order valence-corrected chi connectivity index (χ0v) is 14.2. The summed E-state index contributed by atoms with van der Waals surface area (Å²) in [5, 5.41) is 13.2. The quantitative estimate of drug-likeness (QED) is 0.495. The monoisotopic (exact) mass is 325 g/mol. The van der Waals surface area contributed by atoms with Crippen molar-refractivity contribution in [2.45, 2.75) is 20.3 Å². The molecule has 1 amide bonds. The summed E-state index contributed by atoms with van der Waals surface area (Å²) in [6.45, 7) is 6.81. The van der Waals surface area contributed by atoms with Crippen LogP contribution in [-0.4, -0.2) is 37.0 Å². The number of carbonyl (C=O) groups excluding carboxylic acids is 1. The molecule has 0 unspecified atom stereocenters. The van der Waals surface area contributed by atoms with Gasteiger partial charge in [0.15, 0.2) is 5.69 Å². The molecule has 0 aliphatic carbocycles. The fraction of sp³-hybridized carbons (Fsp3) is 0.368. The molecule has 24 heavy (non-hydrogen) atoms. The number of piperazine rings is 1. The predicted octanol–water partition coefficient (Wildman–Crippen LogP) is 2.40. The number of anilines is 1. The molecule has 2 aromatic rings. The highest BCUT2D eigenvalue weighted by atomic mass is 16.5. The van der Waals surface area contributed by atoms with Crippen LogP contribution in [0.25, 0.3) is 10.9 Å². The molecule has 1 aliphatic rings. The van der Waals surface area contributed by atoms with E-state index >= 15 is 0 Å². The summed E-state index contributed by atoms with van der Waals surface area (Å²) in [5.74, 6) is 0.0861.